The second-order valence-corrected chi connectivity index (χ2v) is 8.95. The van der Waals surface area contributed by atoms with E-state index in [0.29, 0.717) is 25.3 Å². The Morgan fingerprint density at radius 1 is 0.909 bits per heavy atom. The fourth-order valence-corrected chi connectivity index (χ4v) is 4.41. The molecule has 1 aliphatic carbocycles. The molecular weight excluding hydrogens is 408 g/mol. The largest absolute Gasteiger partial charge is 0.309 e. The summed E-state index contributed by atoms with van der Waals surface area (Å²) in [6.07, 6.45) is 5.07. The van der Waals surface area contributed by atoms with Crippen molar-refractivity contribution >= 4 is 17.4 Å². The average Bonchev–Trinajstić information content (AvgIpc) is 2.80. The molecule has 2 aromatic carbocycles. The summed E-state index contributed by atoms with van der Waals surface area (Å²) >= 11 is 0. The number of benzene rings is 2. The van der Waals surface area contributed by atoms with Gasteiger partial charge in [-0.3, -0.25) is 14.6 Å². The number of hydrogen-bond acceptors (Lipinski definition) is 3. The first kappa shape index (κ1) is 22.9. The van der Waals surface area contributed by atoms with Crippen LogP contribution >= 0.6 is 0 Å². The number of Topliss-reactive ketones (excluding diaryl/α,β-unsaturated/α-hetero) is 1. The molecule has 1 fully saturated rings. The first-order valence-electron chi connectivity index (χ1n) is 11.9. The smallest absolute Gasteiger partial charge is 0.226 e. The van der Waals surface area contributed by atoms with Crippen LogP contribution in [0.3, 0.4) is 0 Å². The normalized spacial score (nSPS) is 13.4. The number of aromatic nitrogens is 1. The van der Waals surface area contributed by atoms with E-state index in [0.717, 1.165) is 52.2 Å². The molecule has 0 radical (unpaired) electrons. The molecule has 0 N–H and O–H groups in total. The maximum atomic E-state index is 12.7. The topological polar surface area (TPSA) is 50.3 Å². The van der Waals surface area contributed by atoms with Gasteiger partial charge < -0.3 is 4.90 Å². The van der Waals surface area contributed by atoms with Crippen LogP contribution in [0.5, 0.6) is 0 Å². The van der Waals surface area contributed by atoms with Gasteiger partial charge in [0.15, 0.2) is 5.78 Å². The van der Waals surface area contributed by atoms with Crippen molar-refractivity contribution in [1.29, 1.82) is 0 Å². The van der Waals surface area contributed by atoms with Gasteiger partial charge in [-0.25, -0.2) is 0 Å². The van der Waals surface area contributed by atoms with Crippen molar-refractivity contribution in [3.63, 3.8) is 0 Å². The van der Waals surface area contributed by atoms with Crippen LogP contribution in [0.25, 0.3) is 11.1 Å². The van der Waals surface area contributed by atoms with Gasteiger partial charge in [0.25, 0.3) is 0 Å². The first-order chi connectivity index (χ1) is 16.0. The van der Waals surface area contributed by atoms with Crippen LogP contribution in [0.2, 0.25) is 0 Å². The Morgan fingerprint density at radius 3 is 2.09 bits per heavy atom. The van der Waals surface area contributed by atoms with Gasteiger partial charge in [-0.2, -0.15) is 0 Å². The molecule has 3 aromatic rings. The van der Waals surface area contributed by atoms with Crippen LogP contribution in [-0.2, 0) is 11.2 Å². The number of carbonyl (C=O) groups is 2. The third-order valence-electron chi connectivity index (χ3n) is 6.65. The molecule has 0 spiro atoms. The van der Waals surface area contributed by atoms with Gasteiger partial charge in [-0.05, 0) is 74.4 Å². The average molecular weight is 441 g/mol. The van der Waals surface area contributed by atoms with Crippen molar-refractivity contribution < 1.29 is 9.59 Å². The second kappa shape index (κ2) is 10.1. The molecule has 1 heterocycles. The third kappa shape index (κ3) is 5.22. The SMILES string of the molecule is CCC(=O)N(c1ccc(-c2ccc(C(=O)CCc3ccc(C)nc3C)cc2)cc1)C1CCC1. The summed E-state index contributed by atoms with van der Waals surface area (Å²) in [5.74, 6) is 0.331. The van der Waals surface area contributed by atoms with Crippen LogP contribution in [0.4, 0.5) is 5.69 Å². The maximum absolute atomic E-state index is 12.7. The highest BCUT2D eigenvalue weighted by atomic mass is 16.2. The minimum atomic E-state index is 0.145. The number of rotatable bonds is 8. The van der Waals surface area contributed by atoms with Gasteiger partial charge in [0.2, 0.25) is 5.91 Å². The first-order valence-corrected chi connectivity index (χ1v) is 11.9. The number of aryl methyl sites for hydroxylation is 3. The standard InChI is InChI=1S/C29H32N2O2/c1-4-29(33)31(26-6-5-7-26)27-17-14-24(15-18-27)23-10-12-25(13-11-23)28(32)19-16-22-9-8-20(2)30-21(22)3/h8-15,17-18,26H,4-7,16,19H2,1-3H3. The van der Waals surface area contributed by atoms with E-state index in [-0.39, 0.29) is 11.7 Å². The molecule has 33 heavy (non-hydrogen) atoms. The number of nitrogens with zero attached hydrogens (tertiary/aromatic N) is 2. The lowest BCUT2D eigenvalue weighted by Gasteiger charge is -2.37. The number of anilines is 1. The summed E-state index contributed by atoms with van der Waals surface area (Å²) in [6, 6.07) is 20.4. The highest BCUT2D eigenvalue weighted by Crippen LogP contribution is 2.32. The Bertz CT molecular complexity index is 1130. The minimum Gasteiger partial charge on any atom is -0.309 e. The lowest BCUT2D eigenvalue weighted by atomic mass is 9.90. The zero-order chi connectivity index (χ0) is 23.4. The van der Waals surface area contributed by atoms with Gasteiger partial charge in [0.1, 0.15) is 0 Å². The number of amides is 1. The molecule has 0 atom stereocenters. The Balaban J connectivity index is 1.42. The molecule has 0 bridgehead atoms. The quantitative estimate of drug-likeness (QED) is 0.377. The molecule has 0 unspecified atom stereocenters. The number of hydrogen-bond donors (Lipinski definition) is 0. The van der Waals surface area contributed by atoms with E-state index in [4.69, 9.17) is 0 Å². The van der Waals surface area contributed by atoms with E-state index in [2.05, 4.69) is 23.2 Å². The van der Waals surface area contributed by atoms with Crippen LogP contribution in [0.1, 0.15) is 66.3 Å². The molecule has 1 saturated carbocycles. The highest BCUT2D eigenvalue weighted by molar-refractivity contribution is 5.97. The molecule has 1 aliphatic rings. The van der Waals surface area contributed by atoms with Crippen molar-refractivity contribution in [2.45, 2.75) is 65.3 Å². The lowest BCUT2D eigenvalue weighted by molar-refractivity contribution is -0.119. The molecule has 4 nitrogen and oxygen atoms in total. The second-order valence-electron chi connectivity index (χ2n) is 8.95. The van der Waals surface area contributed by atoms with Crippen LogP contribution < -0.4 is 4.90 Å². The Hall–Kier alpha value is -3.27. The van der Waals surface area contributed by atoms with E-state index in [9.17, 15) is 9.59 Å². The molecular formula is C29H32N2O2. The minimum absolute atomic E-state index is 0.145. The summed E-state index contributed by atoms with van der Waals surface area (Å²) in [7, 11) is 0. The van der Waals surface area contributed by atoms with Crippen molar-refractivity contribution in [2.24, 2.45) is 0 Å². The van der Waals surface area contributed by atoms with E-state index in [1.165, 1.54) is 6.42 Å². The predicted molar refractivity (Wildman–Crippen MR) is 134 cm³/mol. The van der Waals surface area contributed by atoms with Crippen LogP contribution in [-0.4, -0.2) is 22.7 Å². The lowest BCUT2D eigenvalue weighted by Crippen LogP contribution is -2.44. The molecule has 0 saturated heterocycles. The number of ketones is 1. The summed E-state index contributed by atoms with van der Waals surface area (Å²) in [4.78, 5) is 31.6. The van der Waals surface area contributed by atoms with Crippen molar-refractivity contribution in [3.05, 3.63) is 83.2 Å². The Labute approximate surface area is 196 Å². The molecule has 1 aromatic heterocycles. The van der Waals surface area contributed by atoms with E-state index in [1.807, 2.05) is 68.1 Å². The van der Waals surface area contributed by atoms with E-state index >= 15 is 0 Å². The molecule has 0 aliphatic heterocycles. The van der Waals surface area contributed by atoms with Gasteiger partial charge in [-0.1, -0.05) is 49.4 Å². The zero-order valence-electron chi connectivity index (χ0n) is 19.8. The summed E-state index contributed by atoms with van der Waals surface area (Å²) < 4.78 is 0. The molecule has 170 valence electrons. The molecule has 4 rings (SSSR count). The molecule has 4 heteroatoms. The van der Waals surface area contributed by atoms with E-state index in [1.54, 1.807) is 0 Å². The monoisotopic (exact) mass is 440 g/mol. The fourth-order valence-electron chi connectivity index (χ4n) is 4.41. The maximum Gasteiger partial charge on any atom is 0.226 e. The van der Waals surface area contributed by atoms with Crippen molar-refractivity contribution in [1.82, 2.24) is 4.98 Å². The van der Waals surface area contributed by atoms with Crippen molar-refractivity contribution in [2.75, 3.05) is 4.90 Å². The fraction of sp³-hybridized carbons (Fsp3) is 0.345. The van der Waals surface area contributed by atoms with Gasteiger partial charge in [-0.15, -0.1) is 0 Å². The number of carbonyl (C=O) groups excluding carboxylic acids is 2. The van der Waals surface area contributed by atoms with Crippen LogP contribution in [0, 0.1) is 13.8 Å². The van der Waals surface area contributed by atoms with Crippen LogP contribution in [0.15, 0.2) is 60.7 Å². The van der Waals surface area contributed by atoms with E-state index < -0.39 is 0 Å². The Morgan fingerprint density at radius 2 is 1.55 bits per heavy atom. The predicted octanol–water partition coefficient (Wildman–Crippen LogP) is 6.48. The zero-order valence-corrected chi connectivity index (χ0v) is 19.8. The molecule has 1 amide bonds. The highest BCUT2D eigenvalue weighted by Gasteiger charge is 2.29. The van der Waals surface area contributed by atoms with Gasteiger partial charge >= 0.3 is 0 Å². The van der Waals surface area contributed by atoms with Crippen molar-refractivity contribution in [3.8, 4) is 11.1 Å². The Kier molecular flexibility index (Phi) is 7.02. The number of pyridine rings is 1. The third-order valence-corrected chi connectivity index (χ3v) is 6.65. The van der Waals surface area contributed by atoms with Gasteiger partial charge in [0.05, 0.1) is 0 Å². The summed E-state index contributed by atoms with van der Waals surface area (Å²) in [5.41, 5.74) is 6.98. The van der Waals surface area contributed by atoms with Gasteiger partial charge in [0, 0.05) is 41.5 Å². The summed E-state index contributed by atoms with van der Waals surface area (Å²) in [5, 5.41) is 0. The summed E-state index contributed by atoms with van der Waals surface area (Å²) in [6.45, 7) is 5.90.